The Hall–Kier alpha value is -1.92. The largest absolute Gasteiger partial charge is 0.371 e. The number of rotatable bonds is 4. The van der Waals surface area contributed by atoms with E-state index in [0.717, 1.165) is 32.9 Å². The van der Waals surface area contributed by atoms with Crippen molar-refractivity contribution in [3.8, 4) is 11.1 Å². The Labute approximate surface area is 190 Å². The van der Waals surface area contributed by atoms with E-state index in [4.69, 9.17) is 11.6 Å². The number of nitrogens with zero attached hydrogens (tertiary/aromatic N) is 1. The highest BCUT2D eigenvalue weighted by Gasteiger charge is 2.53. The number of carbonyl (C=O) groups is 1. The molecule has 1 saturated carbocycles. The van der Waals surface area contributed by atoms with Gasteiger partial charge in [-0.2, -0.15) is 0 Å². The number of likely N-dealkylation sites (tertiary alicyclic amines) is 1. The van der Waals surface area contributed by atoms with Gasteiger partial charge >= 0.3 is 0 Å². The van der Waals surface area contributed by atoms with Crippen LogP contribution in [0.4, 0.5) is 0 Å². The predicted molar refractivity (Wildman–Crippen MR) is 125 cm³/mol. The second-order valence-electron chi connectivity index (χ2n) is 9.56. The van der Waals surface area contributed by atoms with Crippen molar-refractivity contribution in [3.05, 3.63) is 57.9 Å². The maximum atomic E-state index is 11.6. The lowest BCUT2D eigenvalue weighted by atomic mass is 9.86. The SMILES string of the molecule is CC(O)(c1sc2cc(-c3ccc(C4CC4)cc3)ccc2c1Cl)N1CC2(CCC(=O)N2)C1. The van der Waals surface area contributed by atoms with E-state index in [0.29, 0.717) is 24.5 Å². The van der Waals surface area contributed by atoms with E-state index in [-0.39, 0.29) is 11.4 Å². The average molecular weight is 453 g/mol. The number of amides is 1. The quantitative estimate of drug-likeness (QED) is 0.570. The lowest BCUT2D eigenvalue weighted by molar-refractivity contribution is -0.161. The van der Waals surface area contributed by atoms with Gasteiger partial charge in [-0.1, -0.05) is 48.0 Å². The Morgan fingerprint density at radius 1 is 1.16 bits per heavy atom. The van der Waals surface area contributed by atoms with Crippen molar-refractivity contribution in [2.75, 3.05) is 13.1 Å². The van der Waals surface area contributed by atoms with Gasteiger partial charge in [-0.3, -0.25) is 9.69 Å². The summed E-state index contributed by atoms with van der Waals surface area (Å²) < 4.78 is 1.08. The first-order chi connectivity index (χ1) is 14.8. The summed E-state index contributed by atoms with van der Waals surface area (Å²) in [5.74, 6) is 0.868. The summed E-state index contributed by atoms with van der Waals surface area (Å²) in [6.07, 6.45) is 4.03. The molecule has 1 atom stereocenters. The zero-order valence-electron chi connectivity index (χ0n) is 17.5. The molecule has 3 heterocycles. The summed E-state index contributed by atoms with van der Waals surface area (Å²) in [5.41, 5.74) is 2.46. The van der Waals surface area contributed by atoms with Crippen molar-refractivity contribution in [2.45, 2.75) is 49.8 Å². The van der Waals surface area contributed by atoms with E-state index < -0.39 is 5.72 Å². The number of thiophene rings is 1. The second-order valence-corrected chi connectivity index (χ2v) is 11.0. The summed E-state index contributed by atoms with van der Waals surface area (Å²) in [6, 6.07) is 15.2. The molecule has 0 bridgehead atoms. The highest BCUT2D eigenvalue weighted by Crippen LogP contribution is 2.47. The van der Waals surface area contributed by atoms with E-state index in [1.807, 2.05) is 11.8 Å². The van der Waals surface area contributed by atoms with Gasteiger partial charge in [0.25, 0.3) is 0 Å². The van der Waals surface area contributed by atoms with Crippen molar-refractivity contribution in [1.29, 1.82) is 0 Å². The molecule has 4 nitrogen and oxygen atoms in total. The van der Waals surface area contributed by atoms with Crippen LogP contribution in [0.1, 0.15) is 49.0 Å². The van der Waals surface area contributed by atoms with Crippen molar-refractivity contribution in [2.24, 2.45) is 0 Å². The predicted octanol–water partition coefficient (Wildman–Crippen LogP) is 5.23. The Balaban J connectivity index is 1.29. The number of hydrogen-bond donors (Lipinski definition) is 2. The number of hydrogen-bond acceptors (Lipinski definition) is 4. The second kappa shape index (κ2) is 6.79. The smallest absolute Gasteiger partial charge is 0.220 e. The highest BCUT2D eigenvalue weighted by molar-refractivity contribution is 7.20. The van der Waals surface area contributed by atoms with Crippen molar-refractivity contribution in [3.63, 3.8) is 0 Å². The van der Waals surface area contributed by atoms with Crippen molar-refractivity contribution < 1.29 is 9.90 Å². The van der Waals surface area contributed by atoms with Gasteiger partial charge in [-0.25, -0.2) is 0 Å². The minimum absolute atomic E-state index is 0.108. The highest BCUT2D eigenvalue weighted by atomic mass is 35.5. The number of halogens is 1. The number of carbonyl (C=O) groups excluding carboxylic acids is 1. The molecular formula is C25H25ClN2O2S. The summed E-state index contributed by atoms with van der Waals surface area (Å²) in [5, 5.41) is 16.1. The summed E-state index contributed by atoms with van der Waals surface area (Å²) in [7, 11) is 0. The molecule has 3 aromatic rings. The van der Waals surface area contributed by atoms with Crippen LogP contribution in [0, 0.1) is 0 Å². The fraction of sp³-hybridized carbons (Fsp3) is 0.400. The number of nitrogens with one attached hydrogen (secondary N) is 1. The topological polar surface area (TPSA) is 52.6 Å². The van der Waals surface area contributed by atoms with Gasteiger partial charge in [0.05, 0.1) is 15.4 Å². The number of aliphatic hydroxyl groups is 1. The number of benzene rings is 2. The molecule has 2 aliphatic heterocycles. The molecule has 2 aromatic carbocycles. The molecule has 160 valence electrons. The Bertz CT molecular complexity index is 1190. The minimum Gasteiger partial charge on any atom is -0.371 e. The summed E-state index contributed by atoms with van der Waals surface area (Å²) in [6.45, 7) is 3.11. The molecule has 1 spiro atoms. The normalized spacial score (nSPS) is 22.5. The monoisotopic (exact) mass is 452 g/mol. The van der Waals surface area contributed by atoms with E-state index >= 15 is 0 Å². The molecular weight excluding hydrogens is 428 g/mol. The lowest BCUT2D eigenvalue weighted by Crippen LogP contribution is -2.71. The van der Waals surface area contributed by atoms with Gasteiger partial charge in [0, 0.05) is 29.6 Å². The fourth-order valence-electron chi connectivity index (χ4n) is 5.06. The average Bonchev–Trinajstić information content (AvgIpc) is 3.43. The molecule has 6 heteroatoms. The first-order valence-corrected chi connectivity index (χ1v) is 12.2. The van der Waals surface area contributed by atoms with Crippen molar-refractivity contribution in [1.82, 2.24) is 10.2 Å². The molecule has 2 saturated heterocycles. The summed E-state index contributed by atoms with van der Waals surface area (Å²) >= 11 is 8.31. The third-order valence-corrected chi connectivity index (χ3v) is 9.05. The molecule has 2 N–H and O–H groups in total. The van der Waals surface area contributed by atoms with Crippen LogP contribution < -0.4 is 5.32 Å². The zero-order valence-corrected chi connectivity index (χ0v) is 19.0. The molecule has 31 heavy (non-hydrogen) atoms. The molecule has 1 unspecified atom stereocenters. The standard InChI is InChI=1S/C25H25ClN2O2S/c1-24(30,28-13-25(14-28)11-10-21(29)27-25)23-22(26)19-9-8-18(12-20(19)31-23)17-6-4-16(5-7-17)15-2-3-15/h4-9,12,15,30H,2-3,10-11,13-14H2,1H3,(H,27,29). The van der Waals surface area contributed by atoms with Crippen LogP contribution in [-0.2, 0) is 10.5 Å². The van der Waals surface area contributed by atoms with E-state index in [1.165, 1.54) is 24.0 Å². The van der Waals surface area contributed by atoms with E-state index in [2.05, 4.69) is 47.8 Å². The van der Waals surface area contributed by atoms with Gasteiger partial charge in [0.1, 0.15) is 0 Å². The van der Waals surface area contributed by atoms with Crippen LogP contribution in [0.5, 0.6) is 0 Å². The first-order valence-electron chi connectivity index (χ1n) is 11.0. The van der Waals surface area contributed by atoms with Gasteiger partial charge in [0.15, 0.2) is 5.72 Å². The summed E-state index contributed by atoms with van der Waals surface area (Å²) in [4.78, 5) is 14.4. The van der Waals surface area contributed by atoms with Crippen LogP contribution in [-0.4, -0.2) is 34.5 Å². The molecule has 1 aliphatic carbocycles. The lowest BCUT2D eigenvalue weighted by Gasteiger charge is -2.53. The third kappa shape index (κ3) is 3.21. The molecule has 1 aromatic heterocycles. The van der Waals surface area contributed by atoms with Crippen LogP contribution in [0.15, 0.2) is 42.5 Å². The Kier molecular flexibility index (Phi) is 4.32. The molecule has 6 rings (SSSR count). The van der Waals surface area contributed by atoms with E-state index in [9.17, 15) is 9.90 Å². The van der Waals surface area contributed by atoms with Crippen LogP contribution in [0.3, 0.4) is 0 Å². The maximum Gasteiger partial charge on any atom is 0.220 e. The van der Waals surface area contributed by atoms with Crippen LogP contribution in [0.2, 0.25) is 5.02 Å². The molecule has 1 amide bonds. The number of fused-ring (bicyclic) bond motifs is 1. The third-order valence-electron chi connectivity index (χ3n) is 7.19. The van der Waals surface area contributed by atoms with Gasteiger partial charge in [-0.15, -0.1) is 11.3 Å². The Morgan fingerprint density at radius 3 is 2.52 bits per heavy atom. The molecule has 0 radical (unpaired) electrons. The zero-order chi connectivity index (χ0) is 21.4. The van der Waals surface area contributed by atoms with Crippen LogP contribution >= 0.6 is 22.9 Å². The van der Waals surface area contributed by atoms with Gasteiger partial charge < -0.3 is 10.4 Å². The Morgan fingerprint density at radius 2 is 1.87 bits per heavy atom. The minimum atomic E-state index is -1.16. The first kappa shape index (κ1) is 19.7. The van der Waals surface area contributed by atoms with E-state index in [1.54, 1.807) is 11.3 Å². The fourth-order valence-corrected chi connectivity index (χ4v) is 6.78. The van der Waals surface area contributed by atoms with Crippen LogP contribution in [0.25, 0.3) is 21.2 Å². The molecule has 3 fully saturated rings. The van der Waals surface area contributed by atoms with Crippen molar-refractivity contribution >= 4 is 38.9 Å². The van der Waals surface area contributed by atoms with Gasteiger partial charge in [-0.05, 0) is 54.9 Å². The molecule has 3 aliphatic rings. The maximum absolute atomic E-state index is 11.6. The van der Waals surface area contributed by atoms with Gasteiger partial charge in [0.2, 0.25) is 5.91 Å².